The zero-order valence-corrected chi connectivity index (χ0v) is 7.58. The van der Waals surface area contributed by atoms with Crippen LogP contribution in [-0.4, -0.2) is 23.4 Å². The van der Waals surface area contributed by atoms with Crippen molar-refractivity contribution in [3.8, 4) is 23.7 Å². The van der Waals surface area contributed by atoms with Crippen molar-refractivity contribution in [2.75, 3.05) is 0 Å². The van der Waals surface area contributed by atoms with Crippen LogP contribution < -0.4 is 0 Å². The van der Waals surface area contributed by atoms with E-state index in [9.17, 15) is 0 Å². The average Bonchev–Trinajstić information content (AvgIpc) is 2.81. The Balaban J connectivity index is 2.22. The number of aliphatic hydroxyl groups is 1. The second-order valence-corrected chi connectivity index (χ2v) is 2.84. The van der Waals surface area contributed by atoms with Gasteiger partial charge in [-0.15, -0.1) is 0 Å². The van der Waals surface area contributed by atoms with Crippen LogP contribution in [0.1, 0.15) is 13.3 Å². The van der Waals surface area contributed by atoms with Gasteiger partial charge in [0.1, 0.15) is 6.10 Å². The molecule has 0 spiro atoms. The topological polar surface area (TPSA) is 32.8 Å². The van der Waals surface area contributed by atoms with Gasteiger partial charge in [0.15, 0.2) is 0 Å². The van der Waals surface area contributed by atoms with Crippen LogP contribution in [-0.2, 0) is 4.74 Å². The summed E-state index contributed by atoms with van der Waals surface area (Å²) in [5, 5.41) is 8.94. The Kier molecular flexibility index (Phi) is 3.58. The summed E-state index contributed by atoms with van der Waals surface area (Å²) in [4.78, 5) is 0. The fourth-order valence-electron chi connectivity index (χ4n) is 0.809. The van der Waals surface area contributed by atoms with Gasteiger partial charge in [-0.3, -0.25) is 0 Å². The molecule has 3 atom stereocenters. The molecule has 13 heavy (non-hydrogen) atoms. The van der Waals surface area contributed by atoms with Crippen molar-refractivity contribution in [2.24, 2.45) is 0 Å². The predicted molar refractivity (Wildman–Crippen MR) is 50.7 cm³/mol. The molecule has 1 rings (SSSR count). The standard InChI is InChI=1S/C11H12O2/c1-3-10(12)7-5-4-6-8-11-9(2)13-11/h3,9-12H,1,8H2,2H3/t9-,10?,11-/m1/s1. The summed E-state index contributed by atoms with van der Waals surface area (Å²) < 4.78 is 5.15. The van der Waals surface area contributed by atoms with Crippen molar-refractivity contribution >= 4 is 0 Å². The summed E-state index contributed by atoms with van der Waals surface area (Å²) in [6, 6.07) is 0. The van der Waals surface area contributed by atoms with E-state index in [0.29, 0.717) is 12.2 Å². The molecule has 0 saturated carbocycles. The van der Waals surface area contributed by atoms with Crippen molar-refractivity contribution in [3.05, 3.63) is 12.7 Å². The van der Waals surface area contributed by atoms with Crippen LogP contribution in [0.4, 0.5) is 0 Å². The Labute approximate surface area is 78.6 Å². The third-order valence-electron chi connectivity index (χ3n) is 1.73. The number of ether oxygens (including phenoxy) is 1. The van der Waals surface area contributed by atoms with Gasteiger partial charge in [-0.2, -0.15) is 0 Å². The van der Waals surface area contributed by atoms with Crippen molar-refractivity contribution in [3.63, 3.8) is 0 Å². The van der Waals surface area contributed by atoms with E-state index in [1.807, 2.05) is 6.92 Å². The second kappa shape index (κ2) is 4.72. The van der Waals surface area contributed by atoms with E-state index in [1.54, 1.807) is 0 Å². The van der Waals surface area contributed by atoms with Gasteiger partial charge in [0, 0.05) is 6.42 Å². The van der Waals surface area contributed by atoms with Crippen LogP contribution in [0.3, 0.4) is 0 Å². The summed E-state index contributed by atoms with van der Waals surface area (Å²) in [6.45, 7) is 5.40. The SMILES string of the molecule is C=CC(O)C#CC#CC[C@H]1O[C@@H]1C. The Hall–Kier alpha value is -1.22. The number of epoxide rings is 1. The Morgan fingerprint density at radius 3 is 2.85 bits per heavy atom. The maximum absolute atomic E-state index is 8.94. The molecule has 1 N–H and O–H groups in total. The molecular formula is C11H12O2. The zero-order chi connectivity index (χ0) is 9.68. The summed E-state index contributed by atoms with van der Waals surface area (Å²) >= 11 is 0. The lowest BCUT2D eigenvalue weighted by molar-refractivity contribution is 0.281. The van der Waals surface area contributed by atoms with E-state index in [1.165, 1.54) is 6.08 Å². The maximum Gasteiger partial charge on any atom is 0.134 e. The Bertz CT molecular complexity index is 298. The van der Waals surface area contributed by atoms with E-state index in [-0.39, 0.29) is 0 Å². The van der Waals surface area contributed by atoms with Gasteiger partial charge in [-0.05, 0) is 18.8 Å². The lowest BCUT2D eigenvalue weighted by Crippen LogP contribution is -1.94. The third kappa shape index (κ3) is 3.80. The van der Waals surface area contributed by atoms with Gasteiger partial charge in [0.2, 0.25) is 0 Å². The molecule has 0 radical (unpaired) electrons. The molecule has 1 heterocycles. The normalized spacial score (nSPS) is 26.0. The second-order valence-electron chi connectivity index (χ2n) is 2.84. The van der Waals surface area contributed by atoms with E-state index >= 15 is 0 Å². The van der Waals surface area contributed by atoms with Crippen LogP contribution >= 0.6 is 0 Å². The highest BCUT2D eigenvalue weighted by Gasteiger charge is 2.32. The molecule has 2 nitrogen and oxygen atoms in total. The van der Waals surface area contributed by atoms with Crippen LogP contribution in [0.2, 0.25) is 0 Å². The number of hydrogen-bond donors (Lipinski definition) is 1. The minimum Gasteiger partial charge on any atom is -0.377 e. The van der Waals surface area contributed by atoms with Gasteiger partial charge >= 0.3 is 0 Å². The summed E-state index contributed by atoms with van der Waals surface area (Å²) in [7, 11) is 0. The van der Waals surface area contributed by atoms with Crippen molar-refractivity contribution in [2.45, 2.75) is 31.7 Å². The average molecular weight is 176 g/mol. The molecule has 0 aliphatic carbocycles. The maximum atomic E-state index is 8.94. The monoisotopic (exact) mass is 176 g/mol. The molecule has 1 aliphatic rings. The highest BCUT2D eigenvalue weighted by Crippen LogP contribution is 2.23. The fourth-order valence-corrected chi connectivity index (χ4v) is 0.809. The van der Waals surface area contributed by atoms with E-state index in [0.717, 1.165) is 6.42 Å². The van der Waals surface area contributed by atoms with Crippen molar-refractivity contribution in [1.82, 2.24) is 0 Å². The number of aliphatic hydroxyl groups excluding tert-OH is 1. The molecule has 0 aromatic carbocycles. The largest absolute Gasteiger partial charge is 0.377 e. The molecule has 2 heteroatoms. The van der Waals surface area contributed by atoms with Crippen LogP contribution in [0, 0.1) is 23.7 Å². The third-order valence-corrected chi connectivity index (χ3v) is 1.73. The highest BCUT2D eigenvalue weighted by atomic mass is 16.6. The van der Waals surface area contributed by atoms with Crippen LogP contribution in [0.15, 0.2) is 12.7 Å². The molecule has 1 fully saturated rings. The van der Waals surface area contributed by atoms with Gasteiger partial charge in [-0.25, -0.2) is 0 Å². The fraction of sp³-hybridized carbons (Fsp3) is 0.455. The quantitative estimate of drug-likeness (QED) is 0.382. The Morgan fingerprint density at radius 1 is 1.62 bits per heavy atom. The van der Waals surface area contributed by atoms with Crippen molar-refractivity contribution < 1.29 is 9.84 Å². The molecular weight excluding hydrogens is 164 g/mol. The minimum absolute atomic E-state index is 0.290. The lowest BCUT2D eigenvalue weighted by atomic mass is 10.2. The van der Waals surface area contributed by atoms with Crippen molar-refractivity contribution in [1.29, 1.82) is 0 Å². The zero-order valence-electron chi connectivity index (χ0n) is 7.58. The molecule has 1 saturated heterocycles. The molecule has 0 aromatic heterocycles. The van der Waals surface area contributed by atoms with E-state index in [4.69, 9.17) is 9.84 Å². The molecule has 0 amide bonds. The summed E-state index contributed by atoms with van der Waals surface area (Å²) in [6.07, 6.45) is 1.95. The van der Waals surface area contributed by atoms with E-state index in [2.05, 4.69) is 30.3 Å². The Morgan fingerprint density at radius 2 is 2.31 bits per heavy atom. The number of rotatable bonds is 2. The van der Waals surface area contributed by atoms with Crippen LogP contribution in [0.5, 0.6) is 0 Å². The first-order valence-corrected chi connectivity index (χ1v) is 4.18. The number of hydrogen-bond acceptors (Lipinski definition) is 2. The first-order chi connectivity index (χ1) is 6.24. The summed E-state index contributed by atoms with van der Waals surface area (Å²) in [5.41, 5.74) is 0. The first kappa shape index (κ1) is 9.86. The molecule has 1 aliphatic heterocycles. The predicted octanol–water partition coefficient (Wildman–Crippen LogP) is 0.718. The molecule has 0 aromatic rings. The summed E-state index contributed by atoms with van der Waals surface area (Å²) in [5.74, 6) is 10.6. The lowest BCUT2D eigenvalue weighted by Gasteiger charge is -1.86. The highest BCUT2D eigenvalue weighted by molar-refractivity contribution is 5.29. The van der Waals surface area contributed by atoms with Gasteiger partial charge in [0.05, 0.1) is 12.2 Å². The van der Waals surface area contributed by atoms with Gasteiger partial charge in [-0.1, -0.05) is 24.5 Å². The molecule has 1 unspecified atom stereocenters. The van der Waals surface area contributed by atoms with Gasteiger partial charge in [0.25, 0.3) is 0 Å². The van der Waals surface area contributed by atoms with E-state index < -0.39 is 6.10 Å². The smallest absolute Gasteiger partial charge is 0.134 e. The van der Waals surface area contributed by atoms with Gasteiger partial charge < -0.3 is 9.84 Å². The minimum atomic E-state index is -0.773. The molecule has 68 valence electrons. The van der Waals surface area contributed by atoms with Crippen LogP contribution in [0.25, 0.3) is 0 Å². The molecule has 0 bridgehead atoms. The first-order valence-electron chi connectivity index (χ1n) is 4.18.